The number of nitrogens with one attached hydrogen (secondary N) is 1. The Labute approximate surface area is 122 Å². The molecule has 1 atom stereocenters. The van der Waals surface area contributed by atoms with E-state index in [0.717, 1.165) is 0 Å². The van der Waals surface area contributed by atoms with Crippen molar-refractivity contribution in [1.29, 1.82) is 0 Å². The van der Waals surface area contributed by atoms with Crippen LogP contribution in [-0.2, 0) is 4.79 Å². The lowest BCUT2D eigenvalue weighted by atomic mass is 10.0. The molecule has 1 unspecified atom stereocenters. The summed E-state index contributed by atoms with van der Waals surface area (Å²) in [7, 11) is 0. The first kappa shape index (κ1) is 14.6. The van der Waals surface area contributed by atoms with Gasteiger partial charge in [-0.15, -0.1) is 0 Å². The maximum absolute atomic E-state index is 11.9. The van der Waals surface area contributed by atoms with E-state index in [0.29, 0.717) is 11.3 Å². The van der Waals surface area contributed by atoms with Gasteiger partial charge in [0.25, 0.3) is 0 Å². The zero-order valence-corrected chi connectivity index (χ0v) is 11.2. The SMILES string of the molecule is O=C(O)CC(NC(=O)Oc1ccccc1)c1ccccc1. The molecule has 0 aromatic heterocycles. The Morgan fingerprint density at radius 1 is 1.00 bits per heavy atom. The van der Waals surface area contributed by atoms with E-state index < -0.39 is 18.1 Å². The van der Waals surface area contributed by atoms with Crippen molar-refractivity contribution in [2.45, 2.75) is 12.5 Å². The van der Waals surface area contributed by atoms with Crippen molar-refractivity contribution in [1.82, 2.24) is 5.32 Å². The Morgan fingerprint density at radius 2 is 1.57 bits per heavy atom. The van der Waals surface area contributed by atoms with Gasteiger partial charge in [-0.3, -0.25) is 4.79 Å². The van der Waals surface area contributed by atoms with E-state index >= 15 is 0 Å². The van der Waals surface area contributed by atoms with E-state index in [2.05, 4.69) is 5.32 Å². The number of carbonyl (C=O) groups excluding carboxylic acids is 1. The molecule has 0 bridgehead atoms. The Bertz CT molecular complexity index is 598. The van der Waals surface area contributed by atoms with Gasteiger partial charge in [0.2, 0.25) is 0 Å². The van der Waals surface area contributed by atoms with E-state index in [1.165, 1.54) is 0 Å². The molecule has 0 saturated carbocycles. The highest BCUT2D eigenvalue weighted by atomic mass is 16.6. The van der Waals surface area contributed by atoms with Gasteiger partial charge in [-0.05, 0) is 17.7 Å². The van der Waals surface area contributed by atoms with Gasteiger partial charge in [-0.2, -0.15) is 0 Å². The lowest BCUT2D eigenvalue weighted by Gasteiger charge is -2.17. The molecule has 0 radical (unpaired) electrons. The number of carboxylic acid groups (broad SMARTS) is 1. The molecule has 1 amide bonds. The van der Waals surface area contributed by atoms with Crippen molar-refractivity contribution in [2.24, 2.45) is 0 Å². The van der Waals surface area contributed by atoms with Crippen LogP contribution in [0, 0.1) is 0 Å². The number of ether oxygens (including phenoxy) is 1. The minimum absolute atomic E-state index is 0.214. The lowest BCUT2D eigenvalue weighted by Crippen LogP contribution is -2.32. The first-order valence-electron chi connectivity index (χ1n) is 6.45. The number of benzene rings is 2. The summed E-state index contributed by atoms with van der Waals surface area (Å²) >= 11 is 0. The maximum atomic E-state index is 11.9. The lowest BCUT2D eigenvalue weighted by molar-refractivity contribution is -0.137. The minimum atomic E-state index is -0.996. The molecule has 0 saturated heterocycles. The van der Waals surface area contributed by atoms with Gasteiger partial charge in [0.1, 0.15) is 5.75 Å². The van der Waals surface area contributed by atoms with Gasteiger partial charge in [0.05, 0.1) is 12.5 Å². The van der Waals surface area contributed by atoms with Gasteiger partial charge in [-0.1, -0.05) is 48.5 Å². The van der Waals surface area contributed by atoms with Crippen LogP contribution in [0.15, 0.2) is 60.7 Å². The minimum Gasteiger partial charge on any atom is -0.481 e. The molecule has 21 heavy (non-hydrogen) atoms. The highest BCUT2D eigenvalue weighted by molar-refractivity contribution is 5.73. The second kappa shape index (κ2) is 7.09. The Balaban J connectivity index is 2.05. The first-order valence-corrected chi connectivity index (χ1v) is 6.45. The van der Waals surface area contributed by atoms with E-state index in [4.69, 9.17) is 9.84 Å². The summed E-state index contributed by atoms with van der Waals surface area (Å²) in [5, 5.41) is 11.5. The largest absolute Gasteiger partial charge is 0.481 e. The van der Waals surface area contributed by atoms with Crippen molar-refractivity contribution in [2.75, 3.05) is 0 Å². The third-order valence-corrected chi connectivity index (χ3v) is 2.83. The predicted octanol–water partition coefficient (Wildman–Crippen LogP) is 2.99. The van der Waals surface area contributed by atoms with Gasteiger partial charge in [-0.25, -0.2) is 4.79 Å². The summed E-state index contributed by atoms with van der Waals surface area (Å²) < 4.78 is 5.10. The average Bonchev–Trinajstić information content (AvgIpc) is 2.48. The molecule has 2 rings (SSSR count). The molecule has 5 heteroatoms. The molecule has 0 fully saturated rings. The molecule has 0 aliphatic heterocycles. The third kappa shape index (κ3) is 4.65. The number of carboxylic acids is 1. The highest BCUT2D eigenvalue weighted by Gasteiger charge is 2.18. The van der Waals surface area contributed by atoms with E-state index in [1.807, 2.05) is 12.1 Å². The van der Waals surface area contributed by atoms with Crippen molar-refractivity contribution < 1.29 is 19.4 Å². The average molecular weight is 285 g/mol. The Kier molecular flexibility index (Phi) is 4.93. The monoisotopic (exact) mass is 285 g/mol. The van der Waals surface area contributed by atoms with Crippen LogP contribution in [0.4, 0.5) is 4.79 Å². The van der Waals surface area contributed by atoms with Gasteiger partial charge in [0.15, 0.2) is 0 Å². The number of rotatable bonds is 5. The highest BCUT2D eigenvalue weighted by Crippen LogP contribution is 2.17. The number of carbonyl (C=O) groups is 2. The smallest absolute Gasteiger partial charge is 0.413 e. The van der Waals surface area contributed by atoms with Gasteiger partial charge in [0, 0.05) is 0 Å². The Morgan fingerprint density at radius 3 is 2.14 bits per heavy atom. The fraction of sp³-hybridized carbons (Fsp3) is 0.125. The van der Waals surface area contributed by atoms with Crippen molar-refractivity contribution in [3.05, 3.63) is 66.2 Å². The number of hydrogen-bond acceptors (Lipinski definition) is 3. The molecule has 108 valence electrons. The first-order chi connectivity index (χ1) is 10.1. The second-order valence-corrected chi connectivity index (χ2v) is 4.41. The molecule has 0 heterocycles. The van der Waals surface area contributed by atoms with Crippen LogP contribution < -0.4 is 10.1 Å². The topological polar surface area (TPSA) is 75.6 Å². The number of aliphatic carboxylic acids is 1. The zero-order valence-electron chi connectivity index (χ0n) is 11.2. The quantitative estimate of drug-likeness (QED) is 0.885. The fourth-order valence-corrected chi connectivity index (χ4v) is 1.88. The van der Waals surface area contributed by atoms with E-state index in [-0.39, 0.29) is 6.42 Å². The molecular weight excluding hydrogens is 270 g/mol. The summed E-state index contributed by atoms with van der Waals surface area (Å²) in [6.07, 6.45) is -0.898. The van der Waals surface area contributed by atoms with Crippen LogP contribution in [0.5, 0.6) is 5.75 Å². The van der Waals surface area contributed by atoms with Gasteiger partial charge >= 0.3 is 12.1 Å². The Hall–Kier alpha value is -2.82. The van der Waals surface area contributed by atoms with Crippen LogP contribution in [0.2, 0.25) is 0 Å². The van der Waals surface area contributed by atoms with Crippen molar-refractivity contribution in [3.63, 3.8) is 0 Å². The van der Waals surface area contributed by atoms with Crippen molar-refractivity contribution in [3.8, 4) is 5.75 Å². The molecule has 2 aromatic carbocycles. The number of amides is 1. The second-order valence-electron chi connectivity index (χ2n) is 4.41. The predicted molar refractivity (Wildman–Crippen MR) is 77.0 cm³/mol. The molecule has 2 aromatic rings. The van der Waals surface area contributed by atoms with Crippen LogP contribution in [0.3, 0.4) is 0 Å². The summed E-state index contributed by atoms with van der Waals surface area (Å²) in [4.78, 5) is 22.8. The summed E-state index contributed by atoms with van der Waals surface area (Å²) in [5.74, 6) is -0.596. The molecule has 2 N–H and O–H groups in total. The van der Waals surface area contributed by atoms with Gasteiger partial charge < -0.3 is 15.2 Å². The standard InChI is InChI=1S/C16H15NO4/c18-15(19)11-14(12-7-3-1-4-8-12)17-16(20)21-13-9-5-2-6-10-13/h1-10,14H,11H2,(H,17,20)(H,18,19). The number of para-hydroxylation sites is 1. The fourth-order valence-electron chi connectivity index (χ4n) is 1.88. The summed E-state index contributed by atoms with van der Waals surface area (Å²) in [5.41, 5.74) is 0.713. The van der Waals surface area contributed by atoms with E-state index in [1.54, 1.807) is 48.5 Å². The zero-order chi connectivity index (χ0) is 15.1. The molecule has 5 nitrogen and oxygen atoms in total. The summed E-state index contributed by atoms with van der Waals surface area (Å²) in [6, 6.07) is 16.9. The van der Waals surface area contributed by atoms with Crippen molar-refractivity contribution >= 4 is 12.1 Å². The molecule has 0 spiro atoms. The normalized spacial score (nSPS) is 11.4. The van der Waals surface area contributed by atoms with Crippen LogP contribution in [-0.4, -0.2) is 17.2 Å². The van der Waals surface area contributed by atoms with Crippen LogP contribution in [0.1, 0.15) is 18.0 Å². The van der Waals surface area contributed by atoms with E-state index in [9.17, 15) is 9.59 Å². The van der Waals surface area contributed by atoms with Crippen LogP contribution in [0.25, 0.3) is 0 Å². The third-order valence-electron chi connectivity index (χ3n) is 2.83. The molecular formula is C16H15NO4. The van der Waals surface area contributed by atoms with Crippen LogP contribution >= 0.6 is 0 Å². The maximum Gasteiger partial charge on any atom is 0.413 e. The molecule has 0 aliphatic carbocycles. The summed E-state index contributed by atoms with van der Waals surface area (Å²) in [6.45, 7) is 0. The molecule has 0 aliphatic rings. The number of hydrogen-bond donors (Lipinski definition) is 2.